The molecule has 1 heterocycles. The summed E-state index contributed by atoms with van der Waals surface area (Å²) >= 11 is 0. The van der Waals surface area contributed by atoms with E-state index in [0.29, 0.717) is 18.0 Å². The highest BCUT2D eigenvalue weighted by atomic mass is 16.3. The van der Waals surface area contributed by atoms with Gasteiger partial charge in [0.15, 0.2) is 0 Å². The zero-order valence-corrected chi connectivity index (χ0v) is 10.5. The van der Waals surface area contributed by atoms with Crippen molar-refractivity contribution in [2.75, 3.05) is 19.6 Å². The zero-order chi connectivity index (χ0) is 13.0. The molecule has 1 aliphatic rings. The van der Waals surface area contributed by atoms with Gasteiger partial charge < -0.3 is 15.7 Å². The van der Waals surface area contributed by atoms with Crippen molar-refractivity contribution >= 4 is 5.91 Å². The standard InChI is InChI=1S/C14H20N2O2/c15-10-11-5-7-16(8-6-11)14(18)9-12-3-1-2-4-13(12)17/h1-4,11,17H,5-10,15H2. The van der Waals surface area contributed by atoms with Gasteiger partial charge in [0.1, 0.15) is 5.75 Å². The number of para-hydroxylation sites is 1. The first-order valence-electron chi connectivity index (χ1n) is 6.45. The van der Waals surface area contributed by atoms with E-state index in [-0.39, 0.29) is 18.1 Å². The minimum atomic E-state index is 0.0898. The molecule has 1 saturated heterocycles. The summed E-state index contributed by atoms with van der Waals surface area (Å²) < 4.78 is 0. The van der Waals surface area contributed by atoms with Crippen molar-refractivity contribution in [3.63, 3.8) is 0 Å². The first kappa shape index (κ1) is 12.9. The highest BCUT2D eigenvalue weighted by Crippen LogP contribution is 2.20. The number of benzene rings is 1. The Labute approximate surface area is 107 Å². The molecule has 0 spiro atoms. The highest BCUT2D eigenvalue weighted by molar-refractivity contribution is 5.79. The maximum Gasteiger partial charge on any atom is 0.227 e. The molecule has 2 rings (SSSR count). The SMILES string of the molecule is NCC1CCN(C(=O)Cc2ccccc2O)CC1. The molecule has 1 fully saturated rings. The monoisotopic (exact) mass is 248 g/mol. The van der Waals surface area contributed by atoms with Crippen LogP contribution >= 0.6 is 0 Å². The van der Waals surface area contributed by atoms with Crippen molar-refractivity contribution in [2.45, 2.75) is 19.3 Å². The van der Waals surface area contributed by atoms with Gasteiger partial charge in [-0.25, -0.2) is 0 Å². The summed E-state index contributed by atoms with van der Waals surface area (Å²) in [6.45, 7) is 2.28. The minimum Gasteiger partial charge on any atom is -0.508 e. The van der Waals surface area contributed by atoms with Crippen LogP contribution in [0.5, 0.6) is 5.75 Å². The second-order valence-electron chi connectivity index (χ2n) is 4.87. The van der Waals surface area contributed by atoms with E-state index in [0.717, 1.165) is 25.9 Å². The molecule has 0 saturated carbocycles. The Bertz CT molecular complexity index is 412. The molecule has 0 atom stereocenters. The van der Waals surface area contributed by atoms with E-state index in [9.17, 15) is 9.90 Å². The molecule has 4 nitrogen and oxygen atoms in total. The van der Waals surface area contributed by atoms with Gasteiger partial charge in [0, 0.05) is 18.7 Å². The lowest BCUT2D eigenvalue weighted by Crippen LogP contribution is -2.40. The summed E-state index contributed by atoms with van der Waals surface area (Å²) in [7, 11) is 0. The molecule has 1 aliphatic heterocycles. The topological polar surface area (TPSA) is 66.6 Å². The summed E-state index contributed by atoms with van der Waals surface area (Å²) in [4.78, 5) is 14.0. The lowest BCUT2D eigenvalue weighted by Gasteiger charge is -2.31. The summed E-state index contributed by atoms with van der Waals surface area (Å²) in [5, 5.41) is 9.65. The van der Waals surface area contributed by atoms with Gasteiger partial charge in [0.25, 0.3) is 0 Å². The molecule has 0 radical (unpaired) electrons. The summed E-state index contributed by atoms with van der Waals surface area (Å²) in [5.74, 6) is 0.842. The van der Waals surface area contributed by atoms with Gasteiger partial charge in [0.2, 0.25) is 5.91 Å². The van der Waals surface area contributed by atoms with E-state index < -0.39 is 0 Å². The molecular formula is C14H20N2O2. The van der Waals surface area contributed by atoms with E-state index >= 15 is 0 Å². The van der Waals surface area contributed by atoms with Gasteiger partial charge in [-0.15, -0.1) is 0 Å². The predicted molar refractivity (Wildman–Crippen MR) is 70.2 cm³/mol. The number of carbonyl (C=O) groups excluding carboxylic acids is 1. The van der Waals surface area contributed by atoms with E-state index in [1.54, 1.807) is 18.2 Å². The van der Waals surface area contributed by atoms with Gasteiger partial charge in [-0.3, -0.25) is 4.79 Å². The molecule has 1 aromatic carbocycles. The van der Waals surface area contributed by atoms with Crippen LogP contribution in [0, 0.1) is 5.92 Å². The Kier molecular flexibility index (Phi) is 4.20. The number of piperidine rings is 1. The first-order valence-corrected chi connectivity index (χ1v) is 6.45. The number of carbonyl (C=O) groups is 1. The molecule has 4 heteroatoms. The third-order valence-electron chi connectivity index (χ3n) is 3.63. The van der Waals surface area contributed by atoms with Crippen LogP contribution in [-0.2, 0) is 11.2 Å². The van der Waals surface area contributed by atoms with Gasteiger partial charge in [-0.05, 0) is 31.4 Å². The number of likely N-dealkylation sites (tertiary alicyclic amines) is 1. The summed E-state index contributed by atoms with van der Waals surface area (Å²) in [5.41, 5.74) is 6.33. The lowest BCUT2D eigenvalue weighted by molar-refractivity contribution is -0.131. The number of phenols is 1. The largest absolute Gasteiger partial charge is 0.508 e. The molecule has 1 amide bonds. The van der Waals surface area contributed by atoms with Gasteiger partial charge in [-0.2, -0.15) is 0 Å². The third-order valence-corrected chi connectivity index (χ3v) is 3.63. The number of nitrogens with zero attached hydrogens (tertiary/aromatic N) is 1. The molecule has 1 aromatic rings. The number of rotatable bonds is 3. The van der Waals surface area contributed by atoms with Crippen LogP contribution in [0.15, 0.2) is 24.3 Å². The molecule has 0 aromatic heterocycles. The first-order chi connectivity index (χ1) is 8.70. The third kappa shape index (κ3) is 3.01. The molecule has 3 N–H and O–H groups in total. The van der Waals surface area contributed by atoms with E-state index in [4.69, 9.17) is 5.73 Å². The van der Waals surface area contributed by atoms with Gasteiger partial charge in [-0.1, -0.05) is 18.2 Å². The van der Waals surface area contributed by atoms with E-state index in [1.807, 2.05) is 11.0 Å². The molecule has 18 heavy (non-hydrogen) atoms. The maximum atomic E-state index is 12.1. The highest BCUT2D eigenvalue weighted by Gasteiger charge is 2.22. The maximum absolute atomic E-state index is 12.1. The Hall–Kier alpha value is -1.55. The number of phenolic OH excluding ortho intramolecular Hbond substituents is 1. The van der Waals surface area contributed by atoms with Gasteiger partial charge >= 0.3 is 0 Å². The number of hydrogen-bond acceptors (Lipinski definition) is 3. The molecule has 0 bridgehead atoms. The summed E-state index contributed by atoms with van der Waals surface area (Å²) in [6, 6.07) is 7.00. The fourth-order valence-electron chi connectivity index (χ4n) is 2.35. The van der Waals surface area contributed by atoms with Crippen LogP contribution in [0.1, 0.15) is 18.4 Å². The smallest absolute Gasteiger partial charge is 0.227 e. The average Bonchev–Trinajstić information content (AvgIpc) is 2.41. The van der Waals surface area contributed by atoms with E-state index in [2.05, 4.69) is 0 Å². The zero-order valence-electron chi connectivity index (χ0n) is 10.5. The Morgan fingerprint density at radius 3 is 2.61 bits per heavy atom. The van der Waals surface area contributed by atoms with Crippen LogP contribution in [0.4, 0.5) is 0 Å². The fraction of sp³-hybridized carbons (Fsp3) is 0.500. The van der Waals surface area contributed by atoms with Crippen molar-refractivity contribution in [2.24, 2.45) is 11.7 Å². The van der Waals surface area contributed by atoms with Crippen molar-refractivity contribution in [1.82, 2.24) is 4.90 Å². The van der Waals surface area contributed by atoms with Crippen molar-refractivity contribution in [3.8, 4) is 5.75 Å². The van der Waals surface area contributed by atoms with Crippen LogP contribution in [-0.4, -0.2) is 35.5 Å². The van der Waals surface area contributed by atoms with Crippen molar-refractivity contribution < 1.29 is 9.90 Å². The number of nitrogens with two attached hydrogens (primary N) is 1. The van der Waals surface area contributed by atoms with E-state index in [1.165, 1.54) is 0 Å². The second-order valence-corrected chi connectivity index (χ2v) is 4.87. The average molecular weight is 248 g/mol. The van der Waals surface area contributed by atoms with Crippen LogP contribution < -0.4 is 5.73 Å². The predicted octanol–water partition coefficient (Wildman–Crippen LogP) is 1.13. The van der Waals surface area contributed by atoms with Crippen LogP contribution in [0.3, 0.4) is 0 Å². The number of hydrogen-bond donors (Lipinski definition) is 2. The summed E-state index contributed by atoms with van der Waals surface area (Å²) in [6.07, 6.45) is 2.26. The Morgan fingerprint density at radius 1 is 1.33 bits per heavy atom. The normalized spacial score (nSPS) is 16.8. The Balaban J connectivity index is 1.91. The number of amides is 1. The molecule has 0 aliphatic carbocycles. The second kappa shape index (κ2) is 5.87. The Morgan fingerprint density at radius 2 is 2.00 bits per heavy atom. The van der Waals surface area contributed by atoms with Crippen molar-refractivity contribution in [1.29, 1.82) is 0 Å². The molecule has 98 valence electrons. The quantitative estimate of drug-likeness (QED) is 0.842. The lowest BCUT2D eigenvalue weighted by atomic mass is 9.96. The molecule has 0 unspecified atom stereocenters. The number of aromatic hydroxyl groups is 1. The molecular weight excluding hydrogens is 228 g/mol. The fourth-order valence-corrected chi connectivity index (χ4v) is 2.35. The van der Waals surface area contributed by atoms with Crippen LogP contribution in [0.25, 0.3) is 0 Å². The van der Waals surface area contributed by atoms with Crippen molar-refractivity contribution in [3.05, 3.63) is 29.8 Å². The van der Waals surface area contributed by atoms with Gasteiger partial charge in [0.05, 0.1) is 6.42 Å². The minimum absolute atomic E-state index is 0.0898. The van der Waals surface area contributed by atoms with Crippen LogP contribution in [0.2, 0.25) is 0 Å².